The van der Waals surface area contributed by atoms with Crippen molar-refractivity contribution in [3.05, 3.63) is 47.2 Å². The van der Waals surface area contributed by atoms with Gasteiger partial charge in [-0.25, -0.2) is 18.4 Å². The number of rotatable bonds is 4. The summed E-state index contributed by atoms with van der Waals surface area (Å²) in [4.78, 5) is 8.32. The maximum absolute atomic E-state index is 12.8. The molecule has 0 radical (unpaired) electrons. The van der Waals surface area contributed by atoms with Crippen LogP contribution >= 0.6 is 11.6 Å². The lowest BCUT2D eigenvalue weighted by atomic mass is 10.1. The molecule has 0 amide bonds. The summed E-state index contributed by atoms with van der Waals surface area (Å²) in [6, 6.07) is 6.96. The van der Waals surface area contributed by atoms with Gasteiger partial charge in [0.2, 0.25) is 10.0 Å². The highest BCUT2D eigenvalue weighted by Gasteiger charge is 2.31. The number of hydrogen-bond acceptors (Lipinski definition) is 5. The standard InChI is InChI=1S/C16H18ClN3O3S/c1-12-3-4-13(17)11-15(12)24(21,22)20-9-5-14(6-10-20)23-16-18-7-2-8-19-16/h2-4,7-8,11,14H,5-6,9-10H2,1H3. The lowest BCUT2D eigenvalue weighted by Crippen LogP contribution is -2.42. The van der Waals surface area contributed by atoms with Gasteiger partial charge in [-0.1, -0.05) is 17.7 Å². The van der Waals surface area contributed by atoms with E-state index < -0.39 is 10.0 Å². The summed E-state index contributed by atoms with van der Waals surface area (Å²) in [5.41, 5.74) is 0.690. The molecule has 0 bridgehead atoms. The zero-order chi connectivity index (χ0) is 17.2. The fourth-order valence-corrected chi connectivity index (χ4v) is 4.63. The fraction of sp³-hybridized carbons (Fsp3) is 0.375. The topological polar surface area (TPSA) is 72.4 Å². The van der Waals surface area contributed by atoms with Crippen molar-refractivity contribution >= 4 is 21.6 Å². The molecule has 0 N–H and O–H groups in total. The third-order valence-corrected chi connectivity index (χ3v) is 6.26. The number of ether oxygens (including phenoxy) is 1. The highest BCUT2D eigenvalue weighted by atomic mass is 35.5. The van der Waals surface area contributed by atoms with Crippen molar-refractivity contribution in [2.24, 2.45) is 0 Å². The molecule has 2 heterocycles. The third kappa shape index (κ3) is 3.68. The Morgan fingerprint density at radius 3 is 2.54 bits per heavy atom. The second-order valence-corrected chi connectivity index (χ2v) is 8.01. The molecule has 8 heteroatoms. The van der Waals surface area contributed by atoms with E-state index in [1.165, 1.54) is 10.4 Å². The minimum Gasteiger partial charge on any atom is -0.460 e. The average molecular weight is 368 g/mol. The first kappa shape index (κ1) is 17.1. The van der Waals surface area contributed by atoms with Gasteiger partial charge in [0.1, 0.15) is 6.10 Å². The number of benzene rings is 1. The first-order valence-electron chi connectivity index (χ1n) is 7.67. The molecule has 24 heavy (non-hydrogen) atoms. The van der Waals surface area contributed by atoms with E-state index in [-0.39, 0.29) is 11.0 Å². The van der Waals surface area contributed by atoms with Crippen LogP contribution in [0.1, 0.15) is 18.4 Å². The molecule has 2 aromatic rings. The van der Waals surface area contributed by atoms with Gasteiger partial charge in [-0.15, -0.1) is 0 Å². The normalized spacial score (nSPS) is 16.9. The number of aromatic nitrogens is 2. The van der Waals surface area contributed by atoms with Crippen LogP contribution in [-0.4, -0.2) is 41.9 Å². The van der Waals surface area contributed by atoms with Crippen LogP contribution in [0.4, 0.5) is 0 Å². The van der Waals surface area contributed by atoms with Crippen molar-refractivity contribution < 1.29 is 13.2 Å². The summed E-state index contributed by atoms with van der Waals surface area (Å²) in [5, 5.41) is 0.415. The predicted octanol–water partition coefficient (Wildman–Crippen LogP) is 2.67. The molecule has 0 spiro atoms. The molecule has 1 aliphatic heterocycles. The SMILES string of the molecule is Cc1ccc(Cl)cc1S(=O)(=O)N1CCC(Oc2ncccn2)CC1. The van der Waals surface area contributed by atoms with E-state index in [9.17, 15) is 8.42 Å². The van der Waals surface area contributed by atoms with Crippen molar-refractivity contribution in [3.8, 4) is 6.01 Å². The van der Waals surface area contributed by atoms with Gasteiger partial charge in [0.25, 0.3) is 0 Å². The summed E-state index contributed by atoms with van der Waals surface area (Å²) in [7, 11) is -3.55. The van der Waals surface area contributed by atoms with E-state index in [2.05, 4.69) is 9.97 Å². The average Bonchev–Trinajstić information content (AvgIpc) is 2.58. The monoisotopic (exact) mass is 367 g/mol. The molecular weight excluding hydrogens is 350 g/mol. The maximum atomic E-state index is 12.8. The molecule has 6 nitrogen and oxygen atoms in total. The zero-order valence-electron chi connectivity index (χ0n) is 13.2. The van der Waals surface area contributed by atoms with Crippen LogP contribution in [0, 0.1) is 6.92 Å². The van der Waals surface area contributed by atoms with E-state index in [4.69, 9.17) is 16.3 Å². The maximum Gasteiger partial charge on any atom is 0.316 e. The van der Waals surface area contributed by atoms with Crippen molar-refractivity contribution in [3.63, 3.8) is 0 Å². The first-order chi connectivity index (χ1) is 11.5. The third-order valence-electron chi connectivity index (χ3n) is 3.98. The number of hydrogen-bond donors (Lipinski definition) is 0. The van der Waals surface area contributed by atoms with Crippen LogP contribution in [0.25, 0.3) is 0 Å². The van der Waals surface area contributed by atoms with E-state index >= 15 is 0 Å². The van der Waals surface area contributed by atoms with Crippen molar-refractivity contribution in [2.45, 2.75) is 30.8 Å². The Hall–Kier alpha value is -1.70. The van der Waals surface area contributed by atoms with E-state index in [1.807, 2.05) is 0 Å². The van der Waals surface area contributed by atoms with Crippen LogP contribution in [0.5, 0.6) is 6.01 Å². The molecule has 1 aromatic carbocycles. The Balaban J connectivity index is 1.68. The second-order valence-electron chi connectivity index (χ2n) is 5.66. The smallest absolute Gasteiger partial charge is 0.316 e. The molecule has 1 fully saturated rings. The second kappa shape index (κ2) is 7.04. The van der Waals surface area contributed by atoms with Gasteiger partial charge in [-0.2, -0.15) is 4.31 Å². The summed E-state index contributed by atoms with van der Waals surface area (Å²) in [6.45, 7) is 2.56. The van der Waals surface area contributed by atoms with Gasteiger partial charge >= 0.3 is 6.01 Å². The van der Waals surface area contributed by atoms with E-state index in [0.29, 0.717) is 42.5 Å². The van der Waals surface area contributed by atoms with Gasteiger partial charge in [0.15, 0.2) is 0 Å². The van der Waals surface area contributed by atoms with Gasteiger partial charge in [0, 0.05) is 30.5 Å². The van der Waals surface area contributed by atoms with Crippen LogP contribution in [0.3, 0.4) is 0 Å². The molecular formula is C16H18ClN3O3S. The van der Waals surface area contributed by atoms with Gasteiger partial charge < -0.3 is 4.74 Å². The van der Waals surface area contributed by atoms with Crippen molar-refractivity contribution in [1.82, 2.24) is 14.3 Å². The lowest BCUT2D eigenvalue weighted by molar-refractivity contribution is 0.124. The summed E-state index contributed by atoms with van der Waals surface area (Å²) in [6.07, 6.45) is 4.33. The number of halogens is 1. The van der Waals surface area contributed by atoms with Gasteiger partial charge in [-0.05, 0) is 43.5 Å². The molecule has 0 saturated carbocycles. The minimum absolute atomic E-state index is 0.0840. The first-order valence-corrected chi connectivity index (χ1v) is 9.48. The van der Waals surface area contributed by atoms with E-state index in [0.717, 1.165) is 0 Å². The number of sulfonamides is 1. The van der Waals surface area contributed by atoms with Crippen molar-refractivity contribution in [1.29, 1.82) is 0 Å². The molecule has 128 valence electrons. The Labute approximate surface area is 146 Å². The number of nitrogens with zero attached hydrogens (tertiary/aromatic N) is 3. The molecule has 0 atom stereocenters. The van der Waals surface area contributed by atoms with Crippen LogP contribution in [-0.2, 0) is 10.0 Å². The predicted molar refractivity (Wildman–Crippen MR) is 90.6 cm³/mol. The van der Waals surface area contributed by atoms with Crippen LogP contribution in [0.15, 0.2) is 41.6 Å². The molecule has 3 rings (SSSR count). The van der Waals surface area contributed by atoms with Gasteiger partial charge in [0.05, 0.1) is 4.90 Å². The Kier molecular flexibility index (Phi) is 5.03. The highest BCUT2D eigenvalue weighted by molar-refractivity contribution is 7.89. The van der Waals surface area contributed by atoms with Gasteiger partial charge in [-0.3, -0.25) is 0 Å². The summed E-state index contributed by atoms with van der Waals surface area (Å²) < 4.78 is 32.8. The van der Waals surface area contributed by atoms with Crippen LogP contribution < -0.4 is 4.74 Å². The molecule has 1 aromatic heterocycles. The summed E-state index contributed by atoms with van der Waals surface area (Å²) >= 11 is 5.96. The highest BCUT2D eigenvalue weighted by Crippen LogP contribution is 2.26. The largest absolute Gasteiger partial charge is 0.460 e. The molecule has 0 aliphatic carbocycles. The minimum atomic E-state index is -3.55. The van der Waals surface area contributed by atoms with E-state index in [1.54, 1.807) is 37.5 Å². The Morgan fingerprint density at radius 2 is 1.88 bits per heavy atom. The number of piperidine rings is 1. The Morgan fingerprint density at radius 1 is 1.21 bits per heavy atom. The lowest BCUT2D eigenvalue weighted by Gasteiger charge is -2.31. The quantitative estimate of drug-likeness (QED) is 0.830. The van der Waals surface area contributed by atoms with Crippen molar-refractivity contribution in [2.75, 3.05) is 13.1 Å². The fourth-order valence-electron chi connectivity index (χ4n) is 2.68. The number of aryl methyl sites for hydroxylation is 1. The summed E-state index contributed by atoms with van der Waals surface area (Å²) in [5.74, 6) is 0. The zero-order valence-corrected chi connectivity index (χ0v) is 14.8. The molecule has 0 unspecified atom stereocenters. The molecule has 1 aliphatic rings. The van der Waals surface area contributed by atoms with Crippen LogP contribution in [0.2, 0.25) is 5.02 Å². The Bertz CT molecular complexity index is 807. The molecule has 1 saturated heterocycles.